The van der Waals surface area contributed by atoms with E-state index in [4.69, 9.17) is 16.0 Å². The van der Waals surface area contributed by atoms with E-state index in [1.807, 2.05) is 31.2 Å². The van der Waals surface area contributed by atoms with Gasteiger partial charge in [0.25, 0.3) is 0 Å². The van der Waals surface area contributed by atoms with Gasteiger partial charge in [0, 0.05) is 10.5 Å². The van der Waals surface area contributed by atoms with E-state index in [9.17, 15) is 13.2 Å². The Morgan fingerprint density at radius 1 is 1.08 bits per heavy atom. The van der Waals surface area contributed by atoms with Crippen molar-refractivity contribution < 1.29 is 17.6 Å². The van der Waals surface area contributed by atoms with Gasteiger partial charge in [0.05, 0.1) is 15.8 Å². The zero-order valence-corrected chi connectivity index (χ0v) is 15.4. The Morgan fingerprint density at radius 2 is 1.77 bits per heavy atom. The first-order valence-electron chi connectivity index (χ1n) is 7.68. The van der Waals surface area contributed by atoms with Gasteiger partial charge in [-0.15, -0.1) is 22.0 Å². The number of hydrogen-bond donors (Lipinski definition) is 0. The Hall–Kier alpha value is -1.99. The summed E-state index contributed by atoms with van der Waals surface area (Å²) >= 11 is 6.84. The molecule has 0 saturated carbocycles. The molecular formula is C18H14ClF3N2OS. The Morgan fingerprint density at radius 3 is 2.42 bits per heavy atom. The molecule has 3 rings (SSSR count). The highest BCUT2D eigenvalue weighted by atomic mass is 35.5. The number of alkyl halides is 3. The van der Waals surface area contributed by atoms with E-state index in [0.29, 0.717) is 16.7 Å². The van der Waals surface area contributed by atoms with Gasteiger partial charge in [-0.05, 0) is 44.2 Å². The summed E-state index contributed by atoms with van der Waals surface area (Å²) < 4.78 is 44.6. The second kappa shape index (κ2) is 7.32. The van der Waals surface area contributed by atoms with Crippen LogP contribution < -0.4 is 0 Å². The van der Waals surface area contributed by atoms with Gasteiger partial charge >= 0.3 is 6.18 Å². The lowest BCUT2D eigenvalue weighted by atomic mass is 10.1. The molecule has 3 nitrogen and oxygen atoms in total. The van der Waals surface area contributed by atoms with Crippen molar-refractivity contribution in [1.82, 2.24) is 10.2 Å². The average Bonchev–Trinajstić information content (AvgIpc) is 3.06. The van der Waals surface area contributed by atoms with Gasteiger partial charge in [0.2, 0.25) is 11.8 Å². The monoisotopic (exact) mass is 398 g/mol. The minimum absolute atomic E-state index is 0.316. The molecule has 0 fully saturated rings. The lowest BCUT2D eigenvalue weighted by Crippen LogP contribution is -2.05. The van der Waals surface area contributed by atoms with Crippen molar-refractivity contribution >= 4 is 23.4 Å². The predicted molar refractivity (Wildman–Crippen MR) is 95.2 cm³/mol. The molecule has 0 radical (unpaired) electrons. The lowest BCUT2D eigenvalue weighted by molar-refractivity contribution is -0.137. The maximum Gasteiger partial charge on any atom is 0.417 e. The largest absolute Gasteiger partial charge is 0.419 e. The van der Waals surface area contributed by atoms with E-state index in [2.05, 4.69) is 10.2 Å². The highest BCUT2D eigenvalue weighted by molar-refractivity contribution is 7.99. The molecule has 1 atom stereocenters. The summed E-state index contributed by atoms with van der Waals surface area (Å²) in [5.41, 5.74) is 1.04. The molecule has 136 valence electrons. The van der Waals surface area contributed by atoms with Crippen molar-refractivity contribution in [2.24, 2.45) is 0 Å². The van der Waals surface area contributed by atoms with Crippen molar-refractivity contribution in [1.29, 1.82) is 0 Å². The van der Waals surface area contributed by atoms with E-state index in [1.165, 1.54) is 23.9 Å². The smallest absolute Gasteiger partial charge is 0.417 e. The number of benzene rings is 2. The first-order valence-corrected chi connectivity index (χ1v) is 8.93. The van der Waals surface area contributed by atoms with E-state index in [-0.39, 0.29) is 10.3 Å². The summed E-state index contributed by atoms with van der Waals surface area (Å²) in [7, 11) is 0. The SMILES string of the molecule is Cc1ccc(-c2nnc(C(C)Sc3ccc(Cl)c(C(F)(F)F)c3)o2)cc1. The Balaban J connectivity index is 1.79. The van der Waals surface area contributed by atoms with Crippen molar-refractivity contribution in [3.8, 4) is 11.5 Å². The van der Waals surface area contributed by atoms with Gasteiger partial charge in [-0.2, -0.15) is 13.2 Å². The van der Waals surface area contributed by atoms with Crippen LogP contribution in [0.2, 0.25) is 5.02 Å². The van der Waals surface area contributed by atoms with Gasteiger partial charge < -0.3 is 4.42 Å². The molecule has 0 aliphatic rings. The van der Waals surface area contributed by atoms with Crippen LogP contribution in [0, 0.1) is 6.92 Å². The molecule has 0 aliphatic heterocycles. The molecule has 8 heteroatoms. The zero-order valence-electron chi connectivity index (χ0n) is 13.8. The molecule has 0 N–H and O–H groups in total. The molecular weight excluding hydrogens is 385 g/mol. The maximum atomic E-state index is 13.0. The summed E-state index contributed by atoms with van der Waals surface area (Å²) in [4.78, 5) is 0.421. The Kier molecular flexibility index (Phi) is 5.29. The van der Waals surface area contributed by atoms with Crippen LogP contribution in [0.4, 0.5) is 13.2 Å². The number of hydrogen-bond acceptors (Lipinski definition) is 4. The quantitative estimate of drug-likeness (QED) is 0.466. The highest BCUT2D eigenvalue weighted by Crippen LogP contribution is 2.40. The number of thioether (sulfide) groups is 1. The number of aryl methyl sites for hydroxylation is 1. The first kappa shape index (κ1) is 18.8. The molecule has 0 amide bonds. The van der Waals surface area contributed by atoms with Gasteiger partial charge in [0.1, 0.15) is 0 Å². The average molecular weight is 399 g/mol. The van der Waals surface area contributed by atoms with Crippen LogP contribution in [0.25, 0.3) is 11.5 Å². The summed E-state index contributed by atoms with van der Waals surface area (Å²) in [6.45, 7) is 3.77. The number of aromatic nitrogens is 2. The van der Waals surface area contributed by atoms with Crippen LogP contribution >= 0.6 is 23.4 Å². The molecule has 0 bridgehead atoms. The van der Waals surface area contributed by atoms with Crippen molar-refractivity contribution in [2.75, 3.05) is 0 Å². The van der Waals surface area contributed by atoms with Gasteiger partial charge in [-0.25, -0.2) is 0 Å². The molecule has 0 aliphatic carbocycles. The molecule has 2 aromatic carbocycles. The fraction of sp³-hybridized carbons (Fsp3) is 0.222. The van der Waals surface area contributed by atoms with Crippen LogP contribution in [0.5, 0.6) is 0 Å². The van der Waals surface area contributed by atoms with Gasteiger partial charge in [-0.1, -0.05) is 29.3 Å². The van der Waals surface area contributed by atoms with Crippen LogP contribution in [0.1, 0.15) is 29.2 Å². The molecule has 3 aromatic rings. The van der Waals surface area contributed by atoms with Crippen LogP contribution in [-0.2, 0) is 6.18 Å². The minimum Gasteiger partial charge on any atom is -0.419 e. The highest BCUT2D eigenvalue weighted by Gasteiger charge is 2.33. The van der Waals surface area contributed by atoms with E-state index < -0.39 is 11.7 Å². The fourth-order valence-corrected chi connectivity index (χ4v) is 3.42. The van der Waals surface area contributed by atoms with E-state index >= 15 is 0 Å². The standard InChI is InChI=1S/C18H14ClF3N2OS/c1-10-3-5-12(6-4-10)17-24-23-16(25-17)11(2)26-13-7-8-15(19)14(9-13)18(20,21)22/h3-9,11H,1-2H3. The second-order valence-electron chi connectivity index (χ2n) is 5.71. The summed E-state index contributed by atoms with van der Waals surface area (Å²) in [5.74, 6) is 0.716. The zero-order chi connectivity index (χ0) is 18.9. The molecule has 1 heterocycles. The van der Waals surface area contributed by atoms with Crippen LogP contribution in [-0.4, -0.2) is 10.2 Å². The summed E-state index contributed by atoms with van der Waals surface area (Å²) in [5, 5.41) is 7.39. The van der Waals surface area contributed by atoms with Gasteiger partial charge in [-0.3, -0.25) is 0 Å². The Labute approximate surface area is 157 Å². The second-order valence-corrected chi connectivity index (χ2v) is 7.53. The number of nitrogens with zero attached hydrogens (tertiary/aromatic N) is 2. The van der Waals surface area contributed by atoms with Crippen molar-refractivity contribution in [3.05, 3.63) is 64.5 Å². The van der Waals surface area contributed by atoms with Gasteiger partial charge in [0.15, 0.2) is 0 Å². The van der Waals surface area contributed by atoms with Crippen molar-refractivity contribution in [2.45, 2.75) is 30.2 Å². The third-order valence-electron chi connectivity index (χ3n) is 3.64. The molecule has 26 heavy (non-hydrogen) atoms. The van der Waals surface area contributed by atoms with Crippen molar-refractivity contribution in [3.63, 3.8) is 0 Å². The summed E-state index contributed by atoms with van der Waals surface area (Å²) in [6, 6.07) is 11.4. The minimum atomic E-state index is -4.50. The molecule has 1 aromatic heterocycles. The molecule has 0 spiro atoms. The maximum absolute atomic E-state index is 13.0. The summed E-state index contributed by atoms with van der Waals surface area (Å²) in [6.07, 6.45) is -4.50. The Bertz CT molecular complexity index is 910. The normalized spacial score (nSPS) is 13.0. The third-order valence-corrected chi connectivity index (χ3v) is 5.05. The van der Waals surface area contributed by atoms with E-state index in [0.717, 1.165) is 17.2 Å². The van der Waals surface area contributed by atoms with E-state index in [1.54, 1.807) is 6.92 Å². The third kappa shape index (κ3) is 4.22. The number of halogens is 4. The first-order chi connectivity index (χ1) is 12.2. The molecule has 1 unspecified atom stereocenters. The predicted octanol–water partition coefficient (Wildman–Crippen LogP) is 6.57. The fourth-order valence-electron chi connectivity index (χ4n) is 2.26. The number of rotatable bonds is 4. The van der Waals surface area contributed by atoms with Crippen LogP contribution in [0.15, 0.2) is 51.8 Å². The topological polar surface area (TPSA) is 38.9 Å². The molecule has 0 saturated heterocycles. The lowest BCUT2D eigenvalue weighted by Gasteiger charge is -2.12. The van der Waals surface area contributed by atoms with Crippen LogP contribution in [0.3, 0.4) is 0 Å².